The number of ether oxygens (including phenoxy) is 1. The predicted molar refractivity (Wildman–Crippen MR) is 67.8 cm³/mol. The van der Waals surface area contributed by atoms with Gasteiger partial charge >= 0.3 is 0 Å². The van der Waals surface area contributed by atoms with Crippen LogP contribution in [0, 0.1) is 5.92 Å². The number of rotatable bonds is 7. The molecule has 0 bridgehead atoms. The van der Waals surface area contributed by atoms with E-state index in [0.29, 0.717) is 26.1 Å². The first-order chi connectivity index (χ1) is 8.24. The Hall–Kier alpha value is -1.55. The van der Waals surface area contributed by atoms with E-state index in [-0.39, 0.29) is 11.8 Å². The Morgan fingerprint density at radius 1 is 1.41 bits per heavy atom. The van der Waals surface area contributed by atoms with E-state index >= 15 is 0 Å². The fraction of sp³-hybridized carbons (Fsp3) is 0.462. The molecule has 4 nitrogen and oxygen atoms in total. The molecule has 1 atom stereocenters. The van der Waals surface area contributed by atoms with Crippen LogP contribution >= 0.6 is 0 Å². The SMILES string of the molecule is CC(CCOc1ccccc1)C(=O)NCCN. The summed E-state index contributed by atoms with van der Waals surface area (Å²) >= 11 is 0. The van der Waals surface area contributed by atoms with Crippen LogP contribution in [-0.2, 0) is 4.79 Å². The van der Waals surface area contributed by atoms with Gasteiger partial charge in [-0.3, -0.25) is 4.79 Å². The number of carbonyl (C=O) groups is 1. The predicted octanol–water partition coefficient (Wildman–Crippen LogP) is 1.17. The molecule has 0 spiro atoms. The van der Waals surface area contributed by atoms with Crippen molar-refractivity contribution in [2.24, 2.45) is 11.7 Å². The number of nitrogens with one attached hydrogen (secondary N) is 1. The third-order valence-corrected chi connectivity index (χ3v) is 2.45. The van der Waals surface area contributed by atoms with Crippen LogP contribution in [0.1, 0.15) is 13.3 Å². The molecule has 1 aromatic rings. The van der Waals surface area contributed by atoms with E-state index in [1.165, 1.54) is 0 Å². The molecule has 1 amide bonds. The third kappa shape index (κ3) is 5.36. The average Bonchev–Trinajstić information content (AvgIpc) is 2.37. The van der Waals surface area contributed by atoms with Gasteiger partial charge in [-0.25, -0.2) is 0 Å². The Morgan fingerprint density at radius 3 is 2.76 bits per heavy atom. The van der Waals surface area contributed by atoms with Crippen LogP contribution in [0.3, 0.4) is 0 Å². The molecule has 4 heteroatoms. The van der Waals surface area contributed by atoms with Gasteiger partial charge in [-0.1, -0.05) is 25.1 Å². The largest absolute Gasteiger partial charge is 0.494 e. The monoisotopic (exact) mass is 236 g/mol. The topological polar surface area (TPSA) is 64.3 Å². The van der Waals surface area contributed by atoms with Gasteiger partial charge in [0.2, 0.25) is 5.91 Å². The van der Waals surface area contributed by atoms with Gasteiger partial charge in [0.05, 0.1) is 6.61 Å². The molecule has 0 saturated heterocycles. The van der Waals surface area contributed by atoms with E-state index in [0.717, 1.165) is 5.75 Å². The van der Waals surface area contributed by atoms with Crippen molar-refractivity contribution in [3.05, 3.63) is 30.3 Å². The summed E-state index contributed by atoms with van der Waals surface area (Å²) in [7, 11) is 0. The van der Waals surface area contributed by atoms with Crippen molar-refractivity contribution in [1.82, 2.24) is 5.32 Å². The van der Waals surface area contributed by atoms with Gasteiger partial charge < -0.3 is 15.8 Å². The van der Waals surface area contributed by atoms with Gasteiger partial charge in [-0.15, -0.1) is 0 Å². The lowest BCUT2D eigenvalue weighted by Crippen LogP contribution is -2.33. The van der Waals surface area contributed by atoms with Crippen molar-refractivity contribution in [2.45, 2.75) is 13.3 Å². The summed E-state index contributed by atoms with van der Waals surface area (Å²) in [5, 5.41) is 2.76. The van der Waals surface area contributed by atoms with Gasteiger partial charge in [0.1, 0.15) is 5.75 Å². The van der Waals surface area contributed by atoms with E-state index in [4.69, 9.17) is 10.5 Å². The average molecular weight is 236 g/mol. The molecule has 0 aliphatic carbocycles. The number of amides is 1. The fourth-order valence-electron chi connectivity index (χ4n) is 1.37. The molecule has 0 radical (unpaired) electrons. The van der Waals surface area contributed by atoms with Crippen LogP contribution in [0.2, 0.25) is 0 Å². The van der Waals surface area contributed by atoms with Crippen LogP contribution in [0.4, 0.5) is 0 Å². The summed E-state index contributed by atoms with van der Waals surface area (Å²) in [5.74, 6) is 0.819. The molecule has 17 heavy (non-hydrogen) atoms. The van der Waals surface area contributed by atoms with Crippen molar-refractivity contribution in [1.29, 1.82) is 0 Å². The number of hydrogen-bond donors (Lipinski definition) is 2. The maximum Gasteiger partial charge on any atom is 0.223 e. The number of carbonyl (C=O) groups excluding carboxylic acids is 1. The zero-order valence-electron chi connectivity index (χ0n) is 10.2. The van der Waals surface area contributed by atoms with Crippen molar-refractivity contribution >= 4 is 5.91 Å². The molecule has 3 N–H and O–H groups in total. The first-order valence-electron chi connectivity index (χ1n) is 5.89. The molecule has 0 aromatic heterocycles. The summed E-state index contributed by atoms with van der Waals surface area (Å²) in [6.45, 7) is 3.43. The number of benzene rings is 1. The Bertz CT molecular complexity index is 327. The van der Waals surface area contributed by atoms with Gasteiger partial charge in [-0.2, -0.15) is 0 Å². The normalized spacial score (nSPS) is 11.9. The highest BCUT2D eigenvalue weighted by Gasteiger charge is 2.11. The summed E-state index contributed by atoms with van der Waals surface area (Å²) < 4.78 is 5.53. The van der Waals surface area contributed by atoms with E-state index in [2.05, 4.69) is 5.32 Å². The molecule has 1 rings (SSSR count). The van der Waals surface area contributed by atoms with E-state index < -0.39 is 0 Å². The molecule has 94 valence electrons. The quantitative estimate of drug-likeness (QED) is 0.747. The van der Waals surface area contributed by atoms with Crippen LogP contribution in [-0.4, -0.2) is 25.6 Å². The van der Waals surface area contributed by atoms with Crippen LogP contribution in [0.25, 0.3) is 0 Å². The van der Waals surface area contributed by atoms with Gasteiger partial charge in [0.15, 0.2) is 0 Å². The zero-order valence-corrected chi connectivity index (χ0v) is 10.2. The second-order valence-corrected chi connectivity index (χ2v) is 3.93. The van der Waals surface area contributed by atoms with Gasteiger partial charge in [-0.05, 0) is 18.6 Å². The molecular formula is C13H20N2O2. The Kier molecular flexibility index (Phi) is 6.10. The van der Waals surface area contributed by atoms with E-state index in [1.54, 1.807) is 0 Å². The van der Waals surface area contributed by atoms with Gasteiger partial charge in [0, 0.05) is 19.0 Å². The molecule has 1 unspecified atom stereocenters. The highest BCUT2D eigenvalue weighted by atomic mass is 16.5. The molecule has 0 aliphatic rings. The molecular weight excluding hydrogens is 216 g/mol. The Morgan fingerprint density at radius 2 is 2.12 bits per heavy atom. The number of nitrogens with two attached hydrogens (primary N) is 1. The maximum atomic E-state index is 11.5. The molecule has 1 aromatic carbocycles. The maximum absolute atomic E-state index is 11.5. The Labute approximate surface area is 102 Å². The lowest BCUT2D eigenvalue weighted by molar-refractivity contribution is -0.124. The second kappa shape index (κ2) is 7.68. The molecule has 0 fully saturated rings. The molecule has 0 saturated carbocycles. The molecule has 0 aliphatic heterocycles. The highest BCUT2D eigenvalue weighted by Crippen LogP contribution is 2.10. The lowest BCUT2D eigenvalue weighted by atomic mass is 10.1. The smallest absolute Gasteiger partial charge is 0.223 e. The fourth-order valence-corrected chi connectivity index (χ4v) is 1.37. The molecule has 0 heterocycles. The summed E-state index contributed by atoms with van der Waals surface area (Å²) in [5.41, 5.74) is 5.31. The Balaban J connectivity index is 2.20. The zero-order chi connectivity index (χ0) is 12.5. The highest BCUT2D eigenvalue weighted by molar-refractivity contribution is 5.78. The van der Waals surface area contributed by atoms with Crippen molar-refractivity contribution in [3.63, 3.8) is 0 Å². The van der Waals surface area contributed by atoms with Crippen LogP contribution in [0.15, 0.2) is 30.3 Å². The minimum atomic E-state index is -0.0507. The standard InChI is InChI=1S/C13H20N2O2/c1-11(13(16)15-9-8-14)7-10-17-12-5-3-2-4-6-12/h2-6,11H,7-10,14H2,1H3,(H,15,16). The van der Waals surface area contributed by atoms with E-state index in [1.807, 2.05) is 37.3 Å². The number of hydrogen-bond acceptors (Lipinski definition) is 3. The van der Waals surface area contributed by atoms with Gasteiger partial charge in [0.25, 0.3) is 0 Å². The first kappa shape index (κ1) is 13.5. The van der Waals surface area contributed by atoms with Crippen LogP contribution < -0.4 is 15.8 Å². The number of para-hydroxylation sites is 1. The van der Waals surface area contributed by atoms with Crippen molar-refractivity contribution in [3.8, 4) is 5.75 Å². The summed E-state index contributed by atoms with van der Waals surface area (Å²) in [4.78, 5) is 11.5. The second-order valence-electron chi connectivity index (χ2n) is 3.93. The minimum Gasteiger partial charge on any atom is -0.494 e. The third-order valence-electron chi connectivity index (χ3n) is 2.45. The summed E-state index contributed by atoms with van der Waals surface area (Å²) in [6, 6.07) is 9.59. The van der Waals surface area contributed by atoms with Crippen LogP contribution in [0.5, 0.6) is 5.75 Å². The first-order valence-corrected chi connectivity index (χ1v) is 5.89. The van der Waals surface area contributed by atoms with Crippen molar-refractivity contribution < 1.29 is 9.53 Å². The summed E-state index contributed by atoms with van der Waals surface area (Å²) in [6.07, 6.45) is 0.700. The minimum absolute atomic E-state index is 0.0344. The van der Waals surface area contributed by atoms with E-state index in [9.17, 15) is 4.79 Å². The lowest BCUT2D eigenvalue weighted by Gasteiger charge is -2.12. The van der Waals surface area contributed by atoms with Crippen molar-refractivity contribution in [2.75, 3.05) is 19.7 Å².